The highest BCUT2D eigenvalue weighted by atomic mass is 15.2. The van der Waals surface area contributed by atoms with Gasteiger partial charge in [-0.3, -0.25) is 19.7 Å². The van der Waals surface area contributed by atoms with E-state index in [9.17, 15) is 0 Å². The molecule has 6 aromatic rings. The number of fused-ring (bicyclic) bond motifs is 2. The Kier molecular flexibility index (Phi) is 3.51. The first-order chi connectivity index (χ1) is 14.8. The first kappa shape index (κ1) is 16.6. The molecule has 0 bridgehead atoms. The van der Waals surface area contributed by atoms with Crippen molar-refractivity contribution in [3.05, 3.63) is 67.4 Å². The van der Waals surface area contributed by atoms with E-state index < -0.39 is 0 Å². The number of rotatable bonds is 3. The van der Waals surface area contributed by atoms with Gasteiger partial charge in [0.05, 0.1) is 29.0 Å². The summed E-state index contributed by atoms with van der Waals surface area (Å²) >= 11 is 0. The average molecular weight is 392 g/mol. The number of aromatic amines is 2. The van der Waals surface area contributed by atoms with Crippen LogP contribution in [0.15, 0.2) is 67.4 Å². The van der Waals surface area contributed by atoms with E-state index >= 15 is 0 Å². The van der Waals surface area contributed by atoms with Crippen LogP contribution in [0, 0.1) is 0 Å². The number of aryl methyl sites for hydroxylation is 1. The second kappa shape index (κ2) is 6.35. The molecule has 0 aromatic carbocycles. The zero-order valence-corrected chi connectivity index (χ0v) is 16.0. The molecule has 30 heavy (non-hydrogen) atoms. The van der Waals surface area contributed by atoms with Crippen LogP contribution < -0.4 is 0 Å². The van der Waals surface area contributed by atoms with Crippen molar-refractivity contribution in [2.75, 3.05) is 0 Å². The zero-order chi connectivity index (χ0) is 20.1. The Hall–Kier alpha value is -4.33. The Morgan fingerprint density at radius 1 is 0.900 bits per heavy atom. The highest BCUT2D eigenvalue weighted by Gasteiger charge is 2.15. The lowest BCUT2D eigenvalue weighted by molar-refractivity contribution is 0.768. The van der Waals surface area contributed by atoms with Crippen molar-refractivity contribution in [3.63, 3.8) is 0 Å². The average Bonchev–Trinajstić information content (AvgIpc) is 3.50. The normalized spacial score (nSPS) is 11.5. The molecule has 8 nitrogen and oxygen atoms in total. The summed E-state index contributed by atoms with van der Waals surface area (Å²) in [7, 11) is 1.90. The highest BCUT2D eigenvalue weighted by Crippen LogP contribution is 2.33. The number of hydrogen-bond donors (Lipinski definition) is 2. The van der Waals surface area contributed by atoms with Crippen molar-refractivity contribution in [1.82, 2.24) is 39.9 Å². The minimum atomic E-state index is 0.666. The maximum Gasteiger partial charge on any atom is 0.181 e. The van der Waals surface area contributed by atoms with Crippen molar-refractivity contribution in [2.24, 2.45) is 7.05 Å². The molecule has 0 aliphatic heterocycles. The second-order valence-electron chi connectivity index (χ2n) is 7.12. The summed E-state index contributed by atoms with van der Waals surface area (Å²) in [5.74, 6) is 0. The Balaban J connectivity index is 1.52. The minimum Gasteiger partial charge on any atom is -0.353 e. The number of aromatic nitrogens is 8. The summed E-state index contributed by atoms with van der Waals surface area (Å²) in [6.45, 7) is 0. The molecular formula is C22H16N8. The molecule has 0 aliphatic carbocycles. The second-order valence-corrected chi connectivity index (χ2v) is 7.12. The first-order valence-corrected chi connectivity index (χ1v) is 9.49. The number of nitrogens with zero attached hydrogens (tertiary/aromatic N) is 6. The molecular weight excluding hydrogens is 376 g/mol. The van der Waals surface area contributed by atoms with E-state index in [1.807, 2.05) is 49.9 Å². The van der Waals surface area contributed by atoms with Crippen LogP contribution in [0.1, 0.15) is 0 Å². The molecule has 0 fully saturated rings. The van der Waals surface area contributed by atoms with Gasteiger partial charge in [-0.1, -0.05) is 6.07 Å². The number of H-pyrrole nitrogens is 2. The fraction of sp³-hybridized carbons (Fsp3) is 0.0455. The number of pyridine rings is 3. The summed E-state index contributed by atoms with van der Waals surface area (Å²) in [4.78, 5) is 17.0. The van der Waals surface area contributed by atoms with E-state index in [2.05, 4.69) is 47.4 Å². The van der Waals surface area contributed by atoms with Crippen molar-refractivity contribution >= 4 is 21.9 Å². The molecule has 6 rings (SSSR count). The van der Waals surface area contributed by atoms with Crippen LogP contribution in [0.4, 0.5) is 0 Å². The van der Waals surface area contributed by atoms with Gasteiger partial charge in [0.2, 0.25) is 0 Å². The van der Waals surface area contributed by atoms with Crippen LogP contribution in [0.3, 0.4) is 0 Å². The molecule has 8 heteroatoms. The van der Waals surface area contributed by atoms with E-state index in [0.29, 0.717) is 5.65 Å². The molecule has 0 aliphatic rings. The lowest BCUT2D eigenvalue weighted by atomic mass is 10.1. The summed E-state index contributed by atoms with van der Waals surface area (Å²) in [5, 5.41) is 13.7. The molecule has 0 unspecified atom stereocenters. The summed E-state index contributed by atoms with van der Waals surface area (Å²) in [5.41, 5.74) is 7.13. The van der Waals surface area contributed by atoms with Gasteiger partial charge in [-0.05, 0) is 30.3 Å². The third-order valence-corrected chi connectivity index (χ3v) is 5.17. The summed E-state index contributed by atoms with van der Waals surface area (Å²) in [6.07, 6.45) is 9.18. The van der Waals surface area contributed by atoms with E-state index in [-0.39, 0.29) is 0 Å². The molecule has 0 atom stereocenters. The van der Waals surface area contributed by atoms with Crippen LogP contribution >= 0.6 is 0 Å². The Morgan fingerprint density at radius 2 is 1.87 bits per heavy atom. The third-order valence-electron chi connectivity index (χ3n) is 5.17. The van der Waals surface area contributed by atoms with E-state index in [0.717, 1.165) is 50.2 Å². The maximum absolute atomic E-state index is 4.56. The molecule has 2 N–H and O–H groups in total. The Bertz CT molecular complexity index is 1510. The Morgan fingerprint density at radius 3 is 2.70 bits per heavy atom. The van der Waals surface area contributed by atoms with Crippen LogP contribution in [-0.2, 0) is 7.05 Å². The molecule has 6 heterocycles. The quantitative estimate of drug-likeness (QED) is 0.475. The van der Waals surface area contributed by atoms with Gasteiger partial charge in [-0.2, -0.15) is 10.2 Å². The monoisotopic (exact) mass is 392 g/mol. The standard InChI is InChI=1S/C22H16N8/c1-30-12-14(11-26-30)13-8-16-21(28-29-22(16)25-10-13)19-9-15-17(27-19)5-7-24-20(15)18-4-2-3-6-23-18/h2-12,27H,1H3,(H,25,28,29). The summed E-state index contributed by atoms with van der Waals surface area (Å²) < 4.78 is 1.78. The molecule has 0 spiro atoms. The van der Waals surface area contributed by atoms with Crippen LogP contribution in [0.2, 0.25) is 0 Å². The van der Waals surface area contributed by atoms with Crippen LogP contribution in [0.5, 0.6) is 0 Å². The molecule has 0 amide bonds. The Labute approximate surface area is 170 Å². The van der Waals surface area contributed by atoms with E-state index in [4.69, 9.17) is 0 Å². The topological polar surface area (TPSA) is 101 Å². The van der Waals surface area contributed by atoms with Gasteiger partial charge in [0, 0.05) is 59.3 Å². The smallest absolute Gasteiger partial charge is 0.181 e. The molecule has 6 aromatic heterocycles. The minimum absolute atomic E-state index is 0.666. The number of nitrogens with one attached hydrogen (secondary N) is 2. The van der Waals surface area contributed by atoms with E-state index in [1.165, 1.54) is 0 Å². The first-order valence-electron chi connectivity index (χ1n) is 9.49. The van der Waals surface area contributed by atoms with Crippen LogP contribution in [0.25, 0.3) is 55.8 Å². The molecule has 0 saturated heterocycles. The largest absolute Gasteiger partial charge is 0.353 e. The van der Waals surface area contributed by atoms with E-state index in [1.54, 1.807) is 17.1 Å². The van der Waals surface area contributed by atoms with Crippen molar-refractivity contribution in [3.8, 4) is 33.9 Å². The molecule has 144 valence electrons. The van der Waals surface area contributed by atoms with Crippen molar-refractivity contribution < 1.29 is 0 Å². The molecule has 0 radical (unpaired) electrons. The lowest BCUT2D eigenvalue weighted by Crippen LogP contribution is -1.86. The van der Waals surface area contributed by atoms with Crippen molar-refractivity contribution in [2.45, 2.75) is 0 Å². The van der Waals surface area contributed by atoms with Gasteiger partial charge in [-0.15, -0.1) is 0 Å². The maximum atomic E-state index is 4.56. The zero-order valence-electron chi connectivity index (χ0n) is 16.0. The fourth-order valence-corrected chi connectivity index (χ4v) is 3.73. The lowest BCUT2D eigenvalue weighted by Gasteiger charge is -2.00. The van der Waals surface area contributed by atoms with Gasteiger partial charge < -0.3 is 4.98 Å². The van der Waals surface area contributed by atoms with Gasteiger partial charge in [0.15, 0.2) is 5.65 Å². The number of hydrogen-bond acceptors (Lipinski definition) is 5. The predicted molar refractivity (Wildman–Crippen MR) is 114 cm³/mol. The summed E-state index contributed by atoms with van der Waals surface area (Å²) in [6, 6.07) is 11.9. The van der Waals surface area contributed by atoms with Crippen LogP contribution in [-0.4, -0.2) is 39.9 Å². The van der Waals surface area contributed by atoms with Gasteiger partial charge >= 0.3 is 0 Å². The SMILES string of the molecule is Cn1cc(-c2cnc3n[nH]c(-c4cc5c(-c6ccccn6)nccc5[nH]4)c3c2)cn1. The third kappa shape index (κ3) is 2.58. The van der Waals surface area contributed by atoms with Gasteiger partial charge in [0.1, 0.15) is 0 Å². The van der Waals surface area contributed by atoms with Gasteiger partial charge in [0.25, 0.3) is 0 Å². The fourth-order valence-electron chi connectivity index (χ4n) is 3.73. The molecule has 0 saturated carbocycles. The predicted octanol–water partition coefficient (Wildman–Crippen LogP) is 3.96. The highest BCUT2D eigenvalue weighted by molar-refractivity contribution is 5.99. The van der Waals surface area contributed by atoms with Crippen molar-refractivity contribution in [1.29, 1.82) is 0 Å². The van der Waals surface area contributed by atoms with Gasteiger partial charge in [-0.25, -0.2) is 4.98 Å².